The number of sulfone groups is 1. The summed E-state index contributed by atoms with van der Waals surface area (Å²) in [6.07, 6.45) is 0. The van der Waals surface area contributed by atoms with E-state index in [9.17, 15) is 18.3 Å². The van der Waals surface area contributed by atoms with E-state index in [4.69, 9.17) is 0 Å². The third kappa shape index (κ3) is 3.77. The van der Waals surface area contributed by atoms with Crippen LogP contribution in [-0.4, -0.2) is 24.5 Å². The van der Waals surface area contributed by atoms with Gasteiger partial charge in [-0.05, 0) is 35.0 Å². The first kappa shape index (κ1) is 14.6. The van der Waals surface area contributed by atoms with E-state index >= 15 is 0 Å². The van der Waals surface area contributed by atoms with E-state index in [1.165, 1.54) is 11.3 Å². The summed E-state index contributed by atoms with van der Waals surface area (Å²) in [5.74, 6) is -0.928. The average Bonchev–Trinajstić information content (AvgIpc) is 2.47. The van der Waals surface area contributed by atoms with Gasteiger partial charge in [0.1, 0.15) is 0 Å². The highest BCUT2D eigenvalue weighted by Gasteiger charge is 2.37. The molecule has 0 spiro atoms. The van der Waals surface area contributed by atoms with Gasteiger partial charge in [0, 0.05) is 11.8 Å². The number of hydrogen-bond acceptors (Lipinski definition) is 5. The lowest BCUT2D eigenvalue weighted by molar-refractivity contribution is -0.122. The maximum atomic E-state index is 11.9. The maximum absolute atomic E-state index is 11.9. The Morgan fingerprint density at radius 2 is 2.18 bits per heavy atom. The number of nitrogens with one attached hydrogen (secondary N) is 1. The molecule has 0 bridgehead atoms. The Kier molecular flexibility index (Phi) is 4.34. The largest absolute Gasteiger partial charge is 0.359 e. The van der Waals surface area contributed by atoms with Crippen molar-refractivity contribution in [3.63, 3.8) is 0 Å². The Morgan fingerprint density at radius 3 is 2.59 bits per heavy atom. The first-order valence-corrected chi connectivity index (χ1v) is 7.88. The van der Waals surface area contributed by atoms with Gasteiger partial charge in [0.25, 0.3) is 0 Å². The molecule has 0 saturated carbocycles. The van der Waals surface area contributed by atoms with Gasteiger partial charge in [0.2, 0.25) is 20.8 Å². The van der Waals surface area contributed by atoms with Crippen LogP contribution in [0.5, 0.6) is 0 Å². The van der Waals surface area contributed by atoms with Crippen LogP contribution in [0.25, 0.3) is 0 Å². The third-order valence-corrected chi connectivity index (χ3v) is 5.79. The summed E-state index contributed by atoms with van der Waals surface area (Å²) in [7, 11) is -3.88. The molecule has 1 heterocycles. The quantitative estimate of drug-likeness (QED) is 0.806. The van der Waals surface area contributed by atoms with Gasteiger partial charge >= 0.3 is 0 Å². The molecule has 1 aromatic rings. The number of thiophene rings is 1. The average molecular weight is 342 g/mol. The Bertz CT molecular complexity index is 521. The van der Waals surface area contributed by atoms with Crippen LogP contribution in [0.2, 0.25) is 0 Å². The first-order valence-electron chi connectivity index (χ1n) is 4.62. The molecule has 8 heteroatoms. The van der Waals surface area contributed by atoms with Crippen molar-refractivity contribution >= 4 is 43.0 Å². The number of aliphatic hydroxyl groups is 1. The molecular formula is C9H12BrNO4S2. The van der Waals surface area contributed by atoms with Gasteiger partial charge in [-0.25, -0.2) is 8.42 Å². The smallest absolute Gasteiger partial charge is 0.240 e. The minimum absolute atomic E-state index is 0.323. The van der Waals surface area contributed by atoms with Crippen molar-refractivity contribution in [2.75, 3.05) is 0 Å². The second-order valence-corrected chi connectivity index (χ2v) is 8.49. The Hall–Kier alpha value is -0.440. The van der Waals surface area contributed by atoms with Crippen LogP contribution in [0.1, 0.15) is 18.7 Å². The number of amides is 1. The zero-order chi connectivity index (χ0) is 13.3. The molecule has 0 saturated heterocycles. The highest BCUT2D eigenvalue weighted by atomic mass is 79.9. The highest BCUT2D eigenvalue weighted by molar-refractivity contribution is 9.11. The Balaban J connectivity index is 2.92. The Labute approximate surface area is 112 Å². The fourth-order valence-electron chi connectivity index (χ4n) is 1.16. The summed E-state index contributed by atoms with van der Waals surface area (Å²) in [5, 5.41) is 9.51. The SMILES string of the molecule is CC(=O)NC(C)(O)S(=O)(=O)Cc1ccc(Br)s1. The van der Waals surface area contributed by atoms with E-state index in [0.29, 0.717) is 4.88 Å². The van der Waals surface area contributed by atoms with Crippen LogP contribution in [0, 0.1) is 0 Å². The Morgan fingerprint density at radius 1 is 1.59 bits per heavy atom. The molecule has 2 N–H and O–H groups in total. The lowest BCUT2D eigenvalue weighted by atomic mass is 10.5. The summed E-state index contributed by atoms with van der Waals surface area (Å²) in [4.78, 5) is 11.4. The van der Waals surface area contributed by atoms with E-state index in [2.05, 4.69) is 15.9 Å². The fourth-order valence-corrected chi connectivity index (χ4v) is 4.19. The van der Waals surface area contributed by atoms with Crippen molar-refractivity contribution in [2.24, 2.45) is 0 Å². The monoisotopic (exact) mass is 341 g/mol. The van der Waals surface area contributed by atoms with E-state index in [1.54, 1.807) is 12.1 Å². The molecule has 0 fully saturated rings. The van der Waals surface area contributed by atoms with Crippen LogP contribution in [0.15, 0.2) is 15.9 Å². The van der Waals surface area contributed by atoms with Gasteiger partial charge in [-0.3, -0.25) is 4.79 Å². The van der Waals surface area contributed by atoms with E-state index in [1.807, 2.05) is 5.32 Å². The molecule has 0 radical (unpaired) electrons. The first-order chi connectivity index (χ1) is 7.64. The molecule has 17 heavy (non-hydrogen) atoms. The highest BCUT2D eigenvalue weighted by Crippen LogP contribution is 2.26. The lowest BCUT2D eigenvalue weighted by Gasteiger charge is -2.23. The van der Waals surface area contributed by atoms with Gasteiger partial charge < -0.3 is 10.4 Å². The second-order valence-electron chi connectivity index (χ2n) is 3.63. The van der Waals surface area contributed by atoms with Crippen LogP contribution in [0.3, 0.4) is 0 Å². The van der Waals surface area contributed by atoms with Crippen molar-refractivity contribution in [1.29, 1.82) is 0 Å². The third-order valence-electron chi connectivity index (χ3n) is 1.97. The standard InChI is InChI=1S/C9H12BrNO4S2/c1-6(12)11-9(2,13)17(14,15)5-7-3-4-8(10)16-7/h3-4,13H,5H2,1-2H3,(H,11,12). The number of rotatable bonds is 4. The molecule has 96 valence electrons. The maximum Gasteiger partial charge on any atom is 0.240 e. The second kappa shape index (κ2) is 5.05. The summed E-state index contributed by atoms with van der Waals surface area (Å²) < 4.78 is 24.6. The molecule has 1 amide bonds. The molecule has 5 nitrogen and oxygen atoms in total. The van der Waals surface area contributed by atoms with Crippen molar-refractivity contribution in [3.05, 3.63) is 20.8 Å². The zero-order valence-electron chi connectivity index (χ0n) is 9.23. The molecule has 0 aliphatic heterocycles. The molecule has 1 atom stereocenters. The minimum atomic E-state index is -3.88. The summed E-state index contributed by atoms with van der Waals surface area (Å²) in [6, 6.07) is 3.37. The minimum Gasteiger partial charge on any atom is -0.359 e. The van der Waals surface area contributed by atoms with Crippen molar-refractivity contribution < 1.29 is 18.3 Å². The number of hydrogen-bond donors (Lipinski definition) is 2. The van der Waals surface area contributed by atoms with Crippen LogP contribution in [0.4, 0.5) is 0 Å². The zero-order valence-corrected chi connectivity index (χ0v) is 12.4. The van der Waals surface area contributed by atoms with Crippen LogP contribution in [-0.2, 0) is 20.4 Å². The molecule has 1 unspecified atom stereocenters. The van der Waals surface area contributed by atoms with Crippen molar-refractivity contribution in [1.82, 2.24) is 5.32 Å². The van der Waals surface area contributed by atoms with E-state index < -0.39 is 20.8 Å². The summed E-state index contributed by atoms with van der Waals surface area (Å²) in [5.41, 5.74) is 0. The number of halogens is 1. The number of carbonyl (C=O) groups excluding carboxylic acids is 1. The molecule has 0 aliphatic carbocycles. The fraction of sp³-hybridized carbons (Fsp3) is 0.444. The van der Waals surface area contributed by atoms with Crippen LogP contribution >= 0.6 is 27.3 Å². The molecular weight excluding hydrogens is 330 g/mol. The molecule has 1 aromatic heterocycles. The topological polar surface area (TPSA) is 83.5 Å². The predicted molar refractivity (Wildman–Crippen MR) is 69.1 cm³/mol. The molecule has 1 rings (SSSR count). The van der Waals surface area contributed by atoms with Gasteiger partial charge in [0.15, 0.2) is 0 Å². The molecule has 0 aromatic carbocycles. The van der Waals surface area contributed by atoms with Crippen molar-refractivity contribution in [3.8, 4) is 0 Å². The van der Waals surface area contributed by atoms with Crippen molar-refractivity contribution in [2.45, 2.75) is 24.7 Å². The van der Waals surface area contributed by atoms with Gasteiger partial charge in [-0.15, -0.1) is 11.3 Å². The summed E-state index contributed by atoms with van der Waals surface area (Å²) >= 11 is 4.49. The lowest BCUT2D eigenvalue weighted by Crippen LogP contribution is -2.51. The predicted octanol–water partition coefficient (Wildman–Crippen LogP) is 1.23. The van der Waals surface area contributed by atoms with E-state index in [0.717, 1.165) is 17.6 Å². The number of carbonyl (C=O) groups is 1. The molecule has 0 aliphatic rings. The van der Waals surface area contributed by atoms with Gasteiger partial charge in [0.05, 0.1) is 9.54 Å². The van der Waals surface area contributed by atoms with Crippen LogP contribution < -0.4 is 5.32 Å². The van der Waals surface area contributed by atoms with Gasteiger partial charge in [-0.2, -0.15) is 0 Å². The summed E-state index contributed by atoms with van der Waals surface area (Å²) in [6.45, 7) is 2.19. The normalized spacial score (nSPS) is 15.3. The van der Waals surface area contributed by atoms with Gasteiger partial charge in [-0.1, -0.05) is 0 Å². The van der Waals surface area contributed by atoms with E-state index in [-0.39, 0.29) is 5.75 Å².